The molecule has 0 saturated heterocycles. The van der Waals surface area contributed by atoms with Gasteiger partial charge in [-0.15, -0.1) is 0 Å². The Morgan fingerprint density at radius 3 is 3.18 bits per heavy atom. The molecular weight excluding hydrogens is 242 g/mol. The average Bonchev–Trinajstić information content (AvgIpc) is 2.53. The standard InChI is InChI=1S/C12H14ClNO3/c1-2-16-12(15)10-6-9(13)5-8-7-14-3-4-17-11(8)10/h5-6,14H,2-4,7H2,1H3. The van der Waals surface area contributed by atoms with Gasteiger partial charge in [-0.05, 0) is 19.1 Å². The molecule has 1 N–H and O–H groups in total. The maximum atomic E-state index is 11.8. The lowest BCUT2D eigenvalue weighted by Gasteiger charge is -2.12. The molecule has 0 bridgehead atoms. The third kappa shape index (κ3) is 2.70. The summed E-state index contributed by atoms with van der Waals surface area (Å²) >= 11 is 5.99. The summed E-state index contributed by atoms with van der Waals surface area (Å²) in [5, 5.41) is 3.71. The van der Waals surface area contributed by atoms with Gasteiger partial charge >= 0.3 is 5.97 Å². The first kappa shape index (κ1) is 12.2. The Balaban J connectivity index is 2.43. The van der Waals surface area contributed by atoms with E-state index in [1.165, 1.54) is 0 Å². The summed E-state index contributed by atoms with van der Waals surface area (Å²) in [6, 6.07) is 3.39. The second kappa shape index (κ2) is 5.38. The van der Waals surface area contributed by atoms with Crippen LogP contribution in [-0.4, -0.2) is 25.7 Å². The van der Waals surface area contributed by atoms with Crippen molar-refractivity contribution < 1.29 is 14.3 Å². The van der Waals surface area contributed by atoms with E-state index in [1.807, 2.05) is 0 Å². The van der Waals surface area contributed by atoms with Crippen LogP contribution in [0.4, 0.5) is 0 Å². The first-order valence-corrected chi connectivity index (χ1v) is 5.93. The Morgan fingerprint density at radius 1 is 1.59 bits per heavy atom. The van der Waals surface area contributed by atoms with Crippen LogP contribution in [0.1, 0.15) is 22.8 Å². The molecule has 1 aromatic rings. The summed E-state index contributed by atoms with van der Waals surface area (Å²) in [5.41, 5.74) is 1.29. The van der Waals surface area contributed by atoms with E-state index < -0.39 is 5.97 Å². The van der Waals surface area contributed by atoms with Gasteiger partial charge in [-0.25, -0.2) is 4.79 Å². The molecule has 0 atom stereocenters. The summed E-state index contributed by atoms with van der Waals surface area (Å²) in [4.78, 5) is 11.8. The number of hydrogen-bond acceptors (Lipinski definition) is 4. The zero-order valence-electron chi connectivity index (χ0n) is 9.59. The Hall–Kier alpha value is -1.26. The Kier molecular flexibility index (Phi) is 3.86. The zero-order chi connectivity index (χ0) is 12.3. The molecule has 1 aromatic carbocycles. The van der Waals surface area contributed by atoms with Crippen LogP contribution >= 0.6 is 11.6 Å². The highest BCUT2D eigenvalue weighted by atomic mass is 35.5. The van der Waals surface area contributed by atoms with Gasteiger partial charge in [0.25, 0.3) is 0 Å². The molecule has 0 aliphatic carbocycles. The van der Waals surface area contributed by atoms with Gasteiger partial charge in [-0.1, -0.05) is 11.6 Å². The molecule has 0 unspecified atom stereocenters. The summed E-state index contributed by atoms with van der Waals surface area (Å²) in [6.45, 7) is 4.01. The van der Waals surface area contributed by atoms with Gasteiger partial charge in [0.15, 0.2) is 0 Å². The lowest BCUT2D eigenvalue weighted by atomic mass is 10.1. The third-order valence-electron chi connectivity index (χ3n) is 2.47. The van der Waals surface area contributed by atoms with E-state index in [2.05, 4.69) is 5.32 Å². The lowest BCUT2D eigenvalue weighted by molar-refractivity contribution is 0.0522. The number of esters is 1. The van der Waals surface area contributed by atoms with Crippen molar-refractivity contribution in [3.8, 4) is 5.75 Å². The predicted octanol–water partition coefficient (Wildman–Crippen LogP) is 2.00. The van der Waals surface area contributed by atoms with Crippen molar-refractivity contribution in [1.82, 2.24) is 5.32 Å². The summed E-state index contributed by atoms with van der Waals surface area (Å²) < 4.78 is 10.6. The van der Waals surface area contributed by atoms with Gasteiger partial charge in [0.2, 0.25) is 0 Å². The van der Waals surface area contributed by atoms with Crippen LogP contribution in [0.5, 0.6) is 5.75 Å². The van der Waals surface area contributed by atoms with E-state index in [4.69, 9.17) is 21.1 Å². The SMILES string of the molecule is CCOC(=O)c1cc(Cl)cc2c1OCCNC2. The van der Waals surface area contributed by atoms with Gasteiger partial charge in [0.05, 0.1) is 6.61 Å². The van der Waals surface area contributed by atoms with Crippen molar-refractivity contribution in [3.63, 3.8) is 0 Å². The molecule has 0 fully saturated rings. The highest BCUT2D eigenvalue weighted by Crippen LogP contribution is 2.30. The molecule has 92 valence electrons. The molecule has 0 amide bonds. The summed E-state index contributed by atoms with van der Waals surface area (Å²) in [5.74, 6) is 0.186. The van der Waals surface area contributed by atoms with Crippen LogP contribution in [0.3, 0.4) is 0 Å². The van der Waals surface area contributed by atoms with Gasteiger partial charge in [-0.3, -0.25) is 0 Å². The molecule has 1 aliphatic heterocycles. The van der Waals surface area contributed by atoms with Gasteiger partial charge in [-0.2, -0.15) is 0 Å². The van der Waals surface area contributed by atoms with Crippen LogP contribution < -0.4 is 10.1 Å². The number of carbonyl (C=O) groups is 1. The molecular formula is C12H14ClNO3. The molecule has 1 aliphatic rings. The molecule has 1 heterocycles. The molecule has 0 spiro atoms. The second-order valence-corrected chi connectivity index (χ2v) is 4.12. The fourth-order valence-electron chi connectivity index (χ4n) is 1.76. The highest BCUT2D eigenvalue weighted by Gasteiger charge is 2.20. The molecule has 17 heavy (non-hydrogen) atoms. The average molecular weight is 256 g/mol. The maximum Gasteiger partial charge on any atom is 0.341 e. The lowest BCUT2D eigenvalue weighted by Crippen LogP contribution is -2.16. The zero-order valence-corrected chi connectivity index (χ0v) is 10.3. The largest absolute Gasteiger partial charge is 0.491 e. The normalized spacial score (nSPS) is 14.5. The number of rotatable bonds is 2. The second-order valence-electron chi connectivity index (χ2n) is 3.69. The molecule has 0 saturated carbocycles. The van der Waals surface area contributed by atoms with E-state index in [0.717, 1.165) is 12.1 Å². The number of carbonyl (C=O) groups excluding carboxylic acids is 1. The quantitative estimate of drug-likeness (QED) is 0.821. The number of fused-ring (bicyclic) bond motifs is 1. The van der Waals surface area contributed by atoms with Crippen LogP contribution in [0.2, 0.25) is 5.02 Å². The smallest absolute Gasteiger partial charge is 0.341 e. The first-order valence-electron chi connectivity index (χ1n) is 5.55. The topological polar surface area (TPSA) is 47.6 Å². The highest BCUT2D eigenvalue weighted by molar-refractivity contribution is 6.31. The minimum absolute atomic E-state index is 0.332. The molecule has 4 nitrogen and oxygen atoms in total. The van der Waals surface area contributed by atoms with Crippen molar-refractivity contribution >= 4 is 17.6 Å². The van der Waals surface area contributed by atoms with E-state index in [9.17, 15) is 4.79 Å². The fraction of sp³-hybridized carbons (Fsp3) is 0.417. The van der Waals surface area contributed by atoms with E-state index >= 15 is 0 Å². The molecule has 0 aromatic heterocycles. The van der Waals surface area contributed by atoms with Crippen molar-refractivity contribution in [2.24, 2.45) is 0 Å². The van der Waals surface area contributed by atoms with Crippen LogP contribution in [0.25, 0.3) is 0 Å². The van der Waals surface area contributed by atoms with Gasteiger partial charge in [0.1, 0.15) is 17.9 Å². The number of benzene rings is 1. The minimum atomic E-state index is -0.395. The minimum Gasteiger partial charge on any atom is -0.491 e. The van der Waals surface area contributed by atoms with E-state index in [-0.39, 0.29) is 0 Å². The predicted molar refractivity (Wildman–Crippen MR) is 64.6 cm³/mol. The molecule has 2 rings (SSSR count). The summed E-state index contributed by atoms with van der Waals surface area (Å²) in [6.07, 6.45) is 0. The van der Waals surface area contributed by atoms with Crippen LogP contribution in [-0.2, 0) is 11.3 Å². The molecule has 5 heteroatoms. The maximum absolute atomic E-state index is 11.8. The van der Waals surface area contributed by atoms with Crippen LogP contribution in [0, 0.1) is 0 Å². The summed E-state index contributed by atoms with van der Waals surface area (Å²) in [7, 11) is 0. The van der Waals surface area contributed by atoms with Crippen LogP contribution in [0.15, 0.2) is 12.1 Å². The van der Waals surface area contributed by atoms with Crippen molar-refractivity contribution in [2.45, 2.75) is 13.5 Å². The van der Waals surface area contributed by atoms with Gasteiger partial charge in [0, 0.05) is 23.7 Å². The first-order chi connectivity index (χ1) is 8.22. The van der Waals surface area contributed by atoms with Crippen molar-refractivity contribution in [2.75, 3.05) is 19.8 Å². The number of hydrogen-bond donors (Lipinski definition) is 1. The van der Waals surface area contributed by atoms with Gasteiger partial charge < -0.3 is 14.8 Å². The number of nitrogens with one attached hydrogen (secondary N) is 1. The number of ether oxygens (including phenoxy) is 2. The molecule has 0 radical (unpaired) electrons. The third-order valence-corrected chi connectivity index (χ3v) is 2.68. The van der Waals surface area contributed by atoms with Crippen molar-refractivity contribution in [1.29, 1.82) is 0 Å². The van der Waals surface area contributed by atoms with E-state index in [0.29, 0.717) is 36.1 Å². The Bertz CT molecular complexity index is 434. The fourth-order valence-corrected chi connectivity index (χ4v) is 2.00. The van der Waals surface area contributed by atoms with E-state index in [1.54, 1.807) is 19.1 Å². The monoisotopic (exact) mass is 255 g/mol. The Morgan fingerprint density at radius 2 is 2.41 bits per heavy atom. The Labute approximate surface area is 105 Å². The van der Waals surface area contributed by atoms with Crippen molar-refractivity contribution in [3.05, 3.63) is 28.3 Å². The number of halogens is 1.